The van der Waals surface area contributed by atoms with Gasteiger partial charge in [-0.1, -0.05) is 0 Å². The first-order valence-corrected chi connectivity index (χ1v) is 7.51. The number of alkyl halides is 12. The van der Waals surface area contributed by atoms with Gasteiger partial charge in [-0.25, -0.2) is 0 Å². The molecule has 0 unspecified atom stereocenters. The van der Waals surface area contributed by atoms with Gasteiger partial charge in [-0.3, -0.25) is 15.2 Å². The van der Waals surface area contributed by atoms with Crippen LogP contribution in [0.3, 0.4) is 0 Å². The van der Waals surface area contributed by atoms with Crippen molar-refractivity contribution in [2.45, 2.75) is 48.7 Å². The molecule has 0 aromatic carbocycles. The van der Waals surface area contributed by atoms with E-state index in [0.717, 1.165) is 0 Å². The lowest BCUT2D eigenvalue weighted by atomic mass is 9.97. The maximum atomic E-state index is 13.3. The molecule has 0 atom stereocenters. The Morgan fingerprint density at radius 1 is 0.759 bits per heavy atom. The second-order valence-corrected chi connectivity index (χ2v) is 6.21. The molecule has 2 aliphatic heterocycles. The molecule has 0 amide bonds. The maximum Gasteiger partial charge on any atom is 0.434 e. The molecule has 2 fully saturated rings. The first kappa shape index (κ1) is 25.9. The van der Waals surface area contributed by atoms with E-state index in [4.69, 9.17) is 0 Å². The standard InChI is InChI=1S/C12H12F12N4.ClH/c13-9(14,15)7(10(16,17)18)6(25-5-28-3-1-2-4-28)26-8(27-7,11(19,20)21)12(22,23)24;/h27H,1-5H2,(H,25,26);1H. The molecule has 0 aromatic heterocycles. The summed E-state index contributed by atoms with van der Waals surface area (Å²) in [5.74, 6) is -2.55. The minimum atomic E-state index is -6.62. The Morgan fingerprint density at radius 3 is 1.52 bits per heavy atom. The van der Waals surface area contributed by atoms with Crippen LogP contribution in [0.2, 0.25) is 0 Å². The molecule has 2 rings (SSSR count). The van der Waals surface area contributed by atoms with E-state index < -0.39 is 48.4 Å². The second-order valence-electron chi connectivity index (χ2n) is 6.21. The van der Waals surface area contributed by atoms with E-state index in [2.05, 4.69) is 4.99 Å². The van der Waals surface area contributed by atoms with Crippen LogP contribution >= 0.6 is 12.4 Å². The van der Waals surface area contributed by atoms with Crippen molar-refractivity contribution in [3.05, 3.63) is 0 Å². The number of aliphatic imine (C=N–C) groups is 1. The largest absolute Gasteiger partial charge is 0.434 e. The molecule has 0 aliphatic carbocycles. The summed E-state index contributed by atoms with van der Waals surface area (Å²) in [6, 6.07) is 0. The molecule has 2 saturated heterocycles. The lowest BCUT2D eigenvalue weighted by Crippen LogP contribution is -2.75. The molecule has 17 heteroatoms. The molecule has 0 bridgehead atoms. The zero-order chi connectivity index (χ0) is 21.8. The highest BCUT2D eigenvalue weighted by Gasteiger charge is 2.87. The molecule has 0 spiro atoms. The van der Waals surface area contributed by atoms with Gasteiger partial charge in [-0.2, -0.15) is 52.7 Å². The summed E-state index contributed by atoms with van der Waals surface area (Å²) < 4.78 is 159. The molecule has 2 N–H and O–H groups in total. The predicted molar refractivity (Wildman–Crippen MR) is 76.3 cm³/mol. The fourth-order valence-electron chi connectivity index (χ4n) is 2.91. The zero-order valence-electron chi connectivity index (χ0n) is 13.9. The van der Waals surface area contributed by atoms with Crippen LogP contribution in [0.5, 0.6) is 0 Å². The van der Waals surface area contributed by atoms with Crippen molar-refractivity contribution in [3.8, 4) is 0 Å². The molecule has 29 heavy (non-hydrogen) atoms. The van der Waals surface area contributed by atoms with Crippen molar-refractivity contribution >= 4 is 18.2 Å². The molecule has 4 nitrogen and oxygen atoms in total. The third-order valence-electron chi connectivity index (χ3n) is 4.36. The van der Waals surface area contributed by atoms with Gasteiger partial charge in [0.25, 0.3) is 11.2 Å². The molecule has 0 saturated carbocycles. The zero-order valence-corrected chi connectivity index (χ0v) is 14.7. The van der Waals surface area contributed by atoms with Crippen molar-refractivity contribution < 1.29 is 52.7 Å². The Labute approximate surface area is 161 Å². The van der Waals surface area contributed by atoms with Crippen LogP contribution in [0.25, 0.3) is 0 Å². The Balaban J connectivity index is 0.00000420. The van der Waals surface area contributed by atoms with E-state index in [1.54, 1.807) is 0 Å². The second kappa shape index (κ2) is 7.51. The molecular weight excluding hydrogens is 464 g/mol. The highest BCUT2D eigenvalue weighted by Crippen LogP contribution is 2.53. The molecule has 0 aromatic rings. The van der Waals surface area contributed by atoms with Gasteiger partial charge in [-0.05, 0) is 25.9 Å². The van der Waals surface area contributed by atoms with E-state index in [-0.39, 0.29) is 30.8 Å². The van der Waals surface area contributed by atoms with Crippen LogP contribution < -0.4 is 10.6 Å². The van der Waals surface area contributed by atoms with Gasteiger partial charge in [0.1, 0.15) is 5.84 Å². The van der Waals surface area contributed by atoms with E-state index in [1.807, 2.05) is 0 Å². The SMILES string of the molecule is Cl.FC(F)(F)C1(C(F)(F)F)NC(=NCN2CCCC2)C(C(F)(F)F)(C(F)(F)F)N1. The van der Waals surface area contributed by atoms with Crippen molar-refractivity contribution in [2.75, 3.05) is 19.8 Å². The summed E-state index contributed by atoms with van der Waals surface area (Å²) in [7, 11) is 0. The van der Waals surface area contributed by atoms with Gasteiger partial charge in [0.2, 0.25) is 0 Å². The topological polar surface area (TPSA) is 39.7 Å². The van der Waals surface area contributed by atoms with Crippen molar-refractivity contribution in [1.29, 1.82) is 0 Å². The Kier molecular flexibility index (Phi) is 6.70. The number of rotatable bonds is 2. The van der Waals surface area contributed by atoms with Crippen LogP contribution in [0.4, 0.5) is 52.7 Å². The summed E-state index contributed by atoms with van der Waals surface area (Å²) >= 11 is 0. The van der Waals surface area contributed by atoms with Crippen molar-refractivity contribution in [2.24, 2.45) is 4.99 Å². The monoisotopic (exact) mass is 476 g/mol. The fourth-order valence-corrected chi connectivity index (χ4v) is 2.91. The van der Waals surface area contributed by atoms with Gasteiger partial charge in [0.15, 0.2) is 0 Å². The number of hydrogen-bond donors (Lipinski definition) is 2. The molecule has 2 heterocycles. The normalized spacial score (nSPS) is 24.5. The molecular formula is C12H13ClF12N4. The van der Waals surface area contributed by atoms with Crippen LogP contribution in [0.1, 0.15) is 12.8 Å². The number of amidine groups is 1. The quantitative estimate of drug-likeness (QED) is 0.597. The van der Waals surface area contributed by atoms with Gasteiger partial charge in [0.05, 0.1) is 6.67 Å². The van der Waals surface area contributed by atoms with Gasteiger partial charge >= 0.3 is 24.7 Å². The van der Waals surface area contributed by atoms with E-state index >= 15 is 0 Å². The van der Waals surface area contributed by atoms with Gasteiger partial charge in [0, 0.05) is 0 Å². The Bertz CT molecular complexity index is 586. The summed E-state index contributed by atoms with van der Waals surface area (Å²) in [5.41, 5.74) is -11.4. The number of hydrogen-bond acceptors (Lipinski definition) is 3. The highest BCUT2D eigenvalue weighted by molar-refractivity contribution is 5.96. The average Bonchev–Trinajstić information content (AvgIpc) is 3.08. The van der Waals surface area contributed by atoms with Crippen LogP contribution in [0.15, 0.2) is 4.99 Å². The van der Waals surface area contributed by atoms with E-state index in [1.165, 1.54) is 4.90 Å². The highest BCUT2D eigenvalue weighted by atomic mass is 35.5. The fraction of sp³-hybridized carbons (Fsp3) is 0.917. The molecule has 172 valence electrons. The summed E-state index contributed by atoms with van der Waals surface area (Å²) in [5, 5.41) is 0.0774. The summed E-state index contributed by atoms with van der Waals surface area (Å²) in [4.78, 5) is 4.03. The molecule has 2 aliphatic rings. The Hall–Kier alpha value is -1.16. The van der Waals surface area contributed by atoms with Crippen molar-refractivity contribution in [1.82, 2.24) is 15.5 Å². The summed E-state index contributed by atoms with van der Waals surface area (Å²) in [6.45, 7) is -0.610. The van der Waals surface area contributed by atoms with E-state index in [9.17, 15) is 52.7 Å². The minimum Gasteiger partial charge on any atom is -0.339 e. The number of halogens is 13. The Morgan fingerprint density at radius 2 is 1.17 bits per heavy atom. The number of likely N-dealkylation sites (tertiary alicyclic amines) is 1. The maximum absolute atomic E-state index is 13.3. The third-order valence-corrected chi connectivity index (χ3v) is 4.36. The number of nitrogens with one attached hydrogen (secondary N) is 2. The first-order chi connectivity index (χ1) is 12.4. The van der Waals surface area contributed by atoms with Gasteiger partial charge in [-0.15, -0.1) is 12.4 Å². The van der Waals surface area contributed by atoms with E-state index in [0.29, 0.717) is 18.2 Å². The smallest absolute Gasteiger partial charge is 0.339 e. The third kappa shape index (κ3) is 4.06. The predicted octanol–water partition coefficient (Wildman–Crippen LogP) is 3.74. The van der Waals surface area contributed by atoms with Crippen LogP contribution in [-0.2, 0) is 0 Å². The first-order valence-electron chi connectivity index (χ1n) is 7.51. The lowest BCUT2D eigenvalue weighted by molar-refractivity contribution is -0.334. The summed E-state index contributed by atoms with van der Waals surface area (Å²) in [6.07, 6.45) is -25.5. The lowest BCUT2D eigenvalue weighted by Gasteiger charge is -2.37. The van der Waals surface area contributed by atoms with Crippen LogP contribution in [0, 0.1) is 0 Å². The average molecular weight is 477 g/mol. The van der Waals surface area contributed by atoms with Gasteiger partial charge < -0.3 is 5.32 Å². The minimum absolute atomic E-state index is 0. The van der Waals surface area contributed by atoms with Crippen molar-refractivity contribution in [3.63, 3.8) is 0 Å². The number of nitrogens with zero attached hydrogens (tertiary/aromatic N) is 2. The molecule has 0 radical (unpaired) electrons. The van der Waals surface area contributed by atoms with Crippen LogP contribution in [-0.4, -0.2) is 66.4 Å².